The van der Waals surface area contributed by atoms with Gasteiger partial charge in [-0.1, -0.05) is 23.7 Å². The number of amides is 1. The fourth-order valence-electron chi connectivity index (χ4n) is 2.48. The SMILES string of the molecule is CS(=O)(=O)Nc1ccc(Cl)cc1C(=O)Nc1ccc(Cn2ccnc2)cc1. The summed E-state index contributed by atoms with van der Waals surface area (Å²) in [5, 5.41) is 3.07. The normalized spacial score (nSPS) is 11.2. The molecule has 0 bridgehead atoms. The van der Waals surface area contributed by atoms with Crippen molar-refractivity contribution in [2.75, 3.05) is 16.3 Å². The molecule has 27 heavy (non-hydrogen) atoms. The van der Waals surface area contributed by atoms with E-state index in [0.29, 0.717) is 17.3 Å². The number of sulfonamides is 1. The van der Waals surface area contributed by atoms with Gasteiger partial charge in [0, 0.05) is 29.6 Å². The van der Waals surface area contributed by atoms with Crippen molar-refractivity contribution in [2.24, 2.45) is 0 Å². The predicted octanol–water partition coefficient (Wildman–Crippen LogP) is 3.21. The average molecular weight is 405 g/mol. The molecule has 3 aromatic rings. The number of anilines is 2. The minimum Gasteiger partial charge on any atom is -0.333 e. The number of carbonyl (C=O) groups excluding carboxylic acids is 1. The summed E-state index contributed by atoms with van der Waals surface area (Å²) in [7, 11) is -3.53. The van der Waals surface area contributed by atoms with Crippen LogP contribution < -0.4 is 10.0 Å². The smallest absolute Gasteiger partial charge is 0.257 e. The lowest BCUT2D eigenvalue weighted by atomic mass is 10.1. The molecule has 0 unspecified atom stereocenters. The van der Waals surface area contributed by atoms with E-state index >= 15 is 0 Å². The zero-order chi connectivity index (χ0) is 19.4. The zero-order valence-corrected chi connectivity index (χ0v) is 16.0. The second-order valence-electron chi connectivity index (χ2n) is 5.95. The van der Waals surface area contributed by atoms with E-state index in [1.165, 1.54) is 18.2 Å². The van der Waals surface area contributed by atoms with Gasteiger partial charge in [0.2, 0.25) is 10.0 Å². The summed E-state index contributed by atoms with van der Waals surface area (Å²) in [6.07, 6.45) is 6.32. The minimum absolute atomic E-state index is 0.135. The quantitative estimate of drug-likeness (QED) is 0.659. The second kappa shape index (κ2) is 7.81. The molecule has 0 radical (unpaired) electrons. The molecular formula is C18H17ClN4O3S. The molecule has 9 heteroatoms. The standard InChI is InChI=1S/C18H17ClN4O3S/c1-27(25,26)22-17-7-4-14(19)10-16(17)18(24)21-15-5-2-13(3-6-15)11-23-9-8-20-12-23/h2-10,12,22H,11H2,1H3,(H,21,24). The number of hydrogen-bond donors (Lipinski definition) is 2. The van der Waals surface area contributed by atoms with Crippen LogP contribution in [0.2, 0.25) is 5.02 Å². The van der Waals surface area contributed by atoms with E-state index in [-0.39, 0.29) is 11.3 Å². The lowest BCUT2D eigenvalue weighted by Gasteiger charge is -2.12. The van der Waals surface area contributed by atoms with Crippen molar-refractivity contribution in [3.05, 3.63) is 77.3 Å². The van der Waals surface area contributed by atoms with Crippen molar-refractivity contribution in [1.82, 2.24) is 9.55 Å². The zero-order valence-electron chi connectivity index (χ0n) is 14.4. The Bertz CT molecular complexity index is 1050. The van der Waals surface area contributed by atoms with E-state index in [4.69, 9.17) is 11.6 Å². The number of rotatable bonds is 6. The number of halogens is 1. The van der Waals surface area contributed by atoms with E-state index in [9.17, 15) is 13.2 Å². The van der Waals surface area contributed by atoms with Gasteiger partial charge in [0.25, 0.3) is 5.91 Å². The van der Waals surface area contributed by atoms with Gasteiger partial charge >= 0.3 is 0 Å². The summed E-state index contributed by atoms with van der Waals surface area (Å²) in [5.74, 6) is -0.467. The summed E-state index contributed by atoms with van der Waals surface area (Å²) in [5.41, 5.74) is 1.93. The molecule has 1 amide bonds. The van der Waals surface area contributed by atoms with Gasteiger partial charge in [-0.2, -0.15) is 0 Å². The fourth-order valence-corrected chi connectivity index (χ4v) is 3.23. The molecule has 1 heterocycles. The molecule has 0 saturated carbocycles. The van der Waals surface area contributed by atoms with Crippen molar-refractivity contribution in [3.63, 3.8) is 0 Å². The molecule has 0 fully saturated rings. The molecule has 0 aliphatic rings. The largest absolute Gasteiger partial charge is 0.333 e. The van der Waals surface area contributed by atoms with Crippen molar-refractivity contribution in [3.8, 4) is 0 Å². The van der Waals surface area contributed by atoms with E-state index in [2.05, 4.69) is 15.0 Å². The third-order valence-corrected chi connectivity index (χ3v) is 4.48. The molecule has 2 N–H and O–H groups in total. The van der Waals surface area contributed by atoms with E-state index in [1.807, 2.05) is 22.9 Å². The average Bonchev–Trinajstić information content (AvgIpc) is 3.10. The van der Waals surface area contributed by atoms with Crippen LogP contribution in [0.4, 0.5) is 11.4 Å². The topological polar surface area (TPSA) is 93.1 Å². The Kier molecular flexibility index (Phi) is 5.48. The van der Waals surface area contributed by atoms with E-state index in [1.54, 1.807) is 24.7 Å². The second-order valence-corrected chi connectivity index (χ2v) is 8.14. The number of hydrogen-bond acceptors (Lipinski definition) is 4. The summed E-state index contributed by atoms with van der Waals surface area (Å²) >= 11 is 5.96. The Morgan fingerprint density at radius 3 is 2.56 bits per heavy atom. The van der Waals surface area contributed by atoms with E-state index in [0.717, 1.165) is 11.8 Å². The third kappa shape index (κ3) is 5.32. The van der Waals surface area contributed by atoms with Gasteiger partial charge in [0.15, 0.2) is 0 Å². The number of nitrogens with zero attached hydrogens (tertiary/aromatic N) is 2. The number of benzene rings is 2. The first-order chi connectivity index (χ1) is 12.8. The molecule has 140 valence electrons. The Morgan fingerprint density at radius 2 is 1.93 bits per heavy atom. The van der Waals surface area contributed by atoms with Crippen molar-refractivity contribution < 1.29 is 13.2 Å². The predicted molar refractivity (Wildman–Crippen MR) is 106 cm³/mol. The third-order valence-electron chi connectivity index (χ3n) is 3.66. The molecule has 0 saturated heterocycles. The highest BCUT2D eigenvalue weighted by atomic mass is 35.5. The maximum Gasteiger partial charge on any atom is 0.257 e. The highest BCUT2D eigenvalue weighted by Crippen LogP contribution is 2.23. The molecule has 0 aliphatic heterocycles. The fraction of sp³-hybridized carbons (Fsp3) is 0.111. The molecule has 7 nitrogen and oxygen atoms in total. The van der Waals surface area contributed by atoms with Gasteiger partial charge < -0.3 is 9.88 Å². The van der Waals surface area contributed by atoms with Crippen LogP contribution in [0.3, 0.4) is 0 Å². The first kappa shape index (κ1) is 18.9. The lowest BCUT2D eigenvalue weighted by Crippen LogP contribution is -2.17. The van der Waals surface area contributed by atoms with Crippen LogP contribution >= 0.6 is 11.6 Å². The van der Waals surface area contributed by atoms with Gasteiger partial charge in [-0.3, -0.25) is 9.52 Å². The van der Waals surface area contributed by atoms with Crippen LogP contribution in [0.25, 0.3) is 0 Å². The van der Waals surface area contributed by atoms with Crippen LogP contribution in [0.15, 0.2) is 61.2 Å². The van der Waals surface area contributed by atoms with Crippen LogP contribution in [0.1, 0.15) is 15.9 Å². The Balaban J connectivity index is 1.76. The van der Waals surface area contributed by atoms with Crippen molar-refractivity contribution in [2.45, 2.75) is 6.54 Å². The molecule has 0 aliphatic carbocycles. The molecular weight excluding hydrogens is 388 g/mol. The van der Waals surface area contributed by atoms with Crippen molar-refractivity contribution in [1.29, 1.82) is 0 Å². The van der Waals surface area contributed by atoms with Crippen LogP contribution in [0, 0.1) is 0 Å². The van der Waals surface area contributed by atoms with Crippen molar-refractivity contribution >= 4 is 38.9 Å². The first-order valence-electron chi connectivity index (χ1n) is 7.93. The van der Waals surface area contributed by atoms with Gasteiger partial charge in [-0.15, -0.1) is 0 Å². The maximum atomic E-state index is 12.6. The molecule has 1 aromatic heterocycles. The monoisotopic (exact) mass is 404 g/mol. The number of carbonyl (C=O) groups is 1. The highest BCUT2D eigenvalue weighted by Gasteiger charge is 2.15. The number of aromatic nitrogens is 2. The van der Waals surface area contributed by atoms with Gasteiger partial charge in [-0.05, 0) is 35.9 Å². The first-order valence-corrected chi connectivity index (χ1v) is 10.2. The summed E-state index contributed by atoms with van der Waals surface area (Å²) < 4.78 is 27.3. The molecule has 0 atom stereocenters. The number of imidazole rings is 1. The van der Waals surface area contributed by atoms with E-state index < -0.39 is 15.9 Å². The Hall–Kier alpha value is -2.84. The summed E-state index contributed by atoms with van der Waals surface area (Å²) in [6.45, 7) is 0.672. The molecule has 3 rings (SSSR count). The highest BCUT2D eigenvalue weighted by molar-refractivity contribution is 7.92. The minimum atomic E-state index is -3.53. The van der Waals surface area contributed by atoms with Crippen LogP contribution in [0.5, 0.6) is 0 Å². The van der Waals surface area contributed by atoms with Crippen LogP contribution in [-0.2, 0) is 16.6 Å². The van der Waals surface area contributed by atoms with Gasteiger partial charge in [-0.25, -0.2) is 13.4 Å². The summed E-state index contributed by atoms with van der Waals surface area (Å²) in [4.78, 5) is 16.6. The number of nitrogens with one attached hydrogen (secondary N) is 2. The Labute approximate surface area is 162 Å². The molecule has 0 spiro atoms. The van der Waals surface area contributed by atoms with Gasteiger partial charge in [0.05, 0.1) is 23.8 Å². The van der Waals surface area contributed by atoms with Gasteiger partial charge in [0.1, 0.15) is 0 Å². The summed E-state index contributed by atoms with van der Waals surface area (Å²) in [6, 6.07) is 11.7. The maximum absolute atomic E-state index is 12.6. The van der Waals surface area contributed by atoms with Crippen LogP contribution in [-0.4, -0.2) is 30.1 Å². The molecule has 2 aromatic carbocycles. The Morgan fingerprint density at radius 1 is 1.19 bits per heavy atom. The lowest BCUT2D eigenvalue weighted by molar-refractivity contribution is 0.102.